The predicted octanol–water partition coefficient (Wildman–Crippen LogP) is 3.61. The molecule has 0 bridgehead atoms. The van der Waals surface area contributed by atoms with Gasteiger partial charge in [0.1, 0.15) is 6.04 Å². The van der Waals surface area contributed by atoms with E-state index in [1.165, 1.54) is 4.90 Å². The lowest BCUT2D eigenvalue weighted by atomic mass is 10.1. The van der Waals surface area contributed by atoms with Crippen LogP contribution in [0.2, 0.25) is 0 Å². The van der Waals surface area contributed by atoms with E-state index in [4.69, 9.17) is 0 Å². The molecule has 1 heterocycles. The SMILES string of the molecule is CCc1ccccc1N[C@H]1CC(=O)N(c2cccc(C)c2C)C1=O. The molecule has 1 saturated heterocycles. The molecular weight excluding hydrogens is 300 g/mol. The van der Waals surface area contributed by atoms with Crippen molar-refractivity contribution in [1.29, 1.82) is 0 Å². The summed E-state index contributed by atoms with van der Waals surface area (Å²) in [4.78, 5) is 26.6. The summed E-state index contributed by atoms with van der Waals surface area (Å²) in [5.74, 6) is -0.334. The third kappa shape index (κ3) is 2.80. The molecule has 4 heteroatoms. The van der Waals surface area contributed by atoms with E-state index >= 15 is 0 Å². The van der Waals surface area contributed by atoms with Crippen molar-refractivity contribution >= 4 is 23.2 Å². The quantitative estimate of drug-likeness (QED) is 0.875. The number of anilines is 2. The Labute approximate surface area is 142 Å². The van der Waals surface area contributed by atoms with Crippen LogP contribution in [0.15, 0.2) is 42.5 Å². The highest BCUT2D eigenvalue weighted by Crippen LogP contribution is 2.29. The Kier molecular flexibility index (Phi) is 4.38. The number of carbonyl (C=O) groups is 2. The van der Waals surface area contributed by atoms with Crippen LogP contribution < -0.4 is 10.2 Å². The van der Waals surface area contributed by atoms with E-state index in [2.05, 4.69) is 12.2 Å². The molecule has 1 atom stereocenters. The lowest BCUT2D eigenvalue weighted by Gasteiger charge is -2.19. The van der Waals surface area contributed by atoms with Crippen LogP contribution >= 0.6 is 0 Å². The van der Waals surface area contributed by atoms with Crippen LogP contribution in [0.4, 0.5) is 11.4 Å². The van der Waals surface area contributed by atoms with Crippen LogP contribution in [0.25, 0.3) is 0 Å². The van der Waals surface area contributed by atoms with E-state index in [0.717, 1.165) is 28.8 Å². The van der Waals surface area contributed by atoms with Gasteiger partial charge in [0, 0.05) is 5.69 Å². The first-order chi connectivity index (χ1) is 11.5. The first kappa shape index (κ1) is 16.2. The normalized spacial score (nSPS) is 17.5. The van der Waals surface area contributed by atoms with Gasteiger partial charge in [0.15, 0.2) is 0 Å². The molecule has 2 aromatic carbocycles. The molecule has 0 unspecified atom stereocenters. The number of nitrogens with one attached hydrogen (secondary N) is 1. The van der Waals surface area contributed by atoms with Gasteiger partial charge in [-0.05, 0) is 49.1 Å². The second kappa shape index (κ2) is 6.48. The van der Waals surface area contributed by atoms with Crippen molar-refractivity contribution in [3.05, 3.63) is 59.2 Å². The second-order valence-corrected chi connectivity index (χ2v) is 6.20. The van der Waals surface area contributed by atoms with Gasteiger partial charge in [0.05, 0.1) is 12.1 Å². The number of aryl methyl sites for hydroxylation is 2. The Morgan fingerprint density at radius 1 is 1.08 bits per heavy atom. The molecular formula is C20H22N2O2. The molecule has 2 aromatic rings. The minimum absolute atomic E-state index is 0.153. The zero-order chi connectivity index (χ0) is 17.3. The van der Waals surface area contributed by atoms with Crippen molar-refractivity contribution in [2.24, 2.45) is 0 Å². The fraction of sp³-hybridized carbons (Fsp3) is 0.300. The van der Waals surface area contributed by atoms with E-state index in [1.54, 1.807) is 0 Å². The number of rotatable bonds is 4. The average Bonchev–Trinajstić information content (AvgIpc) is 2.85. The highest BCUT2D eigenvalue weighted by molar-refractivity contribution is 6.23. The summed E-state index contributed by atoms with van der Waals surface area (Å²) >= 11 is 0. The summed E-state index contributed by atoms with van der Waals surface area (Å²) in [7, 11) is 0. The lowest BCUT2D eigenvalue weighted by Crippen LogP contribution is -2.35. The van der Waals surface area contributed by atoms with Crippen molar-refractivity contribution < 1.29 is 9.59 Å². The van der Waals surface area contributed by atoms with Crippen LogP contribution in [0, 0.1) is 13.8 Å². The monoisotopic (exact) mass is 322 g/mol. The highest BCUT2D eigenvalue weighted by Gasteiger charge is 2.40. The highest BCUT2D eigenvalue weighted by atomic mass is 16.2. The van der Waals surface area contributed by atoms with Gasteiger partial charge in [-0.2, -0.15) is 0 Å². The summed E-state index contributed by atoms with van der Waals surface area (Å²) < 4.78 is 0. The van der Waals surface area contributed by atoms with Crippen LogP contribution in [0.5, 0.6) is 0 Å². The van der Waals surface area contributed by atoms with Gasteiger partial charge in [-0.15, -0.1) is 0 Å². The minimum Gasteiger partial charge on any atom is -0.373 e. The maximum Gasteiger partial charge on any atom is 0.256 e. The summed E-state index contributed by atoms with van der Waals surface area (Å²) in [6.45, 7) is 6.00. The third-order valence-corrected chi connectivity index (χ3v) is 4.69. The maximum atomic E-state index is 12.8. The number of benzene rings is 2. The summed E-state index contributed by atoms with van der Waals surface area (Å²) in [5.41, 5.74) is 4.80. The smallest absolute Gasteiger partial charge is 0.256 e. The first-order valence-corrected chi connectivity index (χ1v) is 8.30. The van der Waals surface area contributed by atoms with Gasteiger partial charge in [0.2, 0.25) is 5.91 Å². The molecule has 1 aliphatic heterocycles. The van der Waals surface area contributed by atoms with Crippen LogP contribution in [-0.4, -0.2) is 17.9 Å². The molecule has 0 aliphatic carbocycles. The van der Waals surface area contributed by atoms with Crippen molar-refractivity contribution in [3.63, 3.8) is 0 Å². The number of hydrogen-bond acceptors (Lipinski definition) is 3. The van der Waals surface area contributed by atoms with Gasteiger partial charge < -0.3 is 5.32 Å². The molecule has 0 aromatic heterocycles. The van der Waals surface area contributed by atoms with E-state index in [1.807, 2.05) is 56.3 Å². The zero-order valence-corrected chi connectivity index (χ0v) is 14.3. The van der Waals surface area contributed by atoms with Gasteiger partial charge in [-0.25, -0.2) is 4.90 Å². The van der Waals surface area contributed by atoms with Crippen molar-refractivity contribution in [3.8, 4) is 0 Å². The fourth-order valence-corrected chi connectivity index (χ4v) is 3.13. The molecule has 24 heavy (non-hydrogen) atoms. The molecule has 1 N–H and O–H groups in total. The van der Waals surface area contributed by atoms with Gasteiger partial charge in [0.25, 0.3) is 5.91 Å². The van der Waals surface area contributed by atoms with E-state index in [9.17, 15) is 9.59 Å². The largest absolute Gasteiger partial charge is 0.373 e. The Balaban J connectivity index is 1.88. The average molecular weight is 322 g/mol. The first-order valence-electron chi connectivity index (χ1n) is 8.30. The summed E-state index contributed by atoms with van der Waals surface area (Å²) in [6.07, 6.45) is 1.06. The fourth-order valence-electron chi connectivity index (χ4n) is 3.13. The number of carbonyl (C=O) groups excluding carboxylic acids is 2. The second-order valence-electron chi connectivity index (χ2n) is 6.20. The van der Waals surface area contributed by atoms with Gasteiger partial charge in [-0.3, -0.25) is 9.59 Å². The number of para-hydroxylation sites is 1. The Morgan fingerprint density at radius 3 is 2.58 bits per heavy atom. The molecule has 124 valence electrons. The standard InChI is InChI=1S/C20H22N2O2/c1-4-15-9-5-6-10-16(15)21-17-12-19(23)22(20(17)24)18-11-7-8-13(2)14(18)3/h5-11,17,21H,4,12H2,1-3H3/t17-/m0/s1. The third-order valence-electron chi connectivity index (χ3n) is 4.69. The topological polar surface area (TPSA) is 49.4 Å². The number of nitrogens with zero attached hydrogens (tertiary/aromatic N) is 1. The van der Waals surface area contributed by atoms with Gasteiger partial charge in [-0.1, -0.05) is 37.3 Å². The van der Waals surface area contributed by atoms with Crippen molar-refractivity contribution in [1.82, 2.24) is 0 Å². The van der Waals surface area contributed by atoms with E-state index < -0.39 is 6.04 Å². The molecule has 0 radical (unpaired) electrons. The van der Waals surface area contributed by atoms with Crippen LogP contribution in [0.1, 0.15) is 30.0 Å². The van der Waals surface area contributed by atoms with E-state index in [-0.39, 0.29) is 18.2 Å². The number of amides is 2. The zero-order valence-electron chi connectivity index (χ0n) is 14.3. The Bertz CT molecular complexity index is 798. The Morgan fingerprint density at radius 2 is 1.83 bits per heavy atom. The lowest BCUT2D eigenvalue weighted by molar-refractivity contribution is -0.121. The number of imide groups is 1. The molecule has 0 saturated carbocycles. The minimum atomic E-state index is -0.509. The molecule has 1 aliphatic rings. The molecule has 1 fully saturated rings. The number of hydrogen-bond donors (Lipinski definition) is 1. The summed E-state index contributed by atoms with van der Waals surface area (Å²) in [6, 6.07) is 13.1. The van der Waals surface area contributed by atoms with Gasteiger partial charge >= 0.3 is 0 Å². The molecule has 2 amide bonds. The van der Waals surface area contributed by atoms with Crippen molar-refractivity contribution in [2.45, 2.75) is 39.7 Å². The maximum absolute atomic E-state index is 12.8. The Hall–Kier alpha value is -2.62. The molecule has 4 nitrogen and oxygen atoms in total. The predicted molar refractivity (Wildman–Crippen MR) is 96.3 cm³/mol. The molecule has 3 rings (SSSR count). The van der Waals surface area contributed by atoms with E-state index in [0.29, 0.717) is 5.69 Å². The summed E-state index contributed by atoms with van der Waals surface area (Å²) in [5, 5.41) is 3.26. The van der Waals surface area contributed by atoms with Crippen LogP contribution in [0.3, 0.4) is 0 Å². The van der Waals surface area contributed by atoms with Crippen LogP contribution in [-0.2, 0) is 16.0 Å². The van der Waals surface area contributed by atoms with Crippen molar-refractivity contribution in [2.75, 3.05) is 10.2 Å². The molecule has 0 spiro atoms.